The molecule has 0 aromatic rings. The lowest BCUT2D eigenvalue weighted by Gasteiger charge is -2.37. The Morgan fingerprint density at radius 2 is 1.67 bits per heavy atom. The van der Waals surface area contributed by atoms with E-state index in [0.29, 0.717) is 31.2 Å². The van der Waals surface area contributed by atoms with E-state index in [1.165, 1.54) is 19.3 Å². The van der Waals surface area contributed by atoms with Gasteiger partial charge in [0.1, 0.15) is 0 Å². The van der Waals surface area contributed by atoms with E-state index in [0.717, 1.165) is 25.8 Å². The number of nitrogens with one attached hydrogen (secondary N) is 2. The van der Waals surface area contributed by atoms with Gasteiger partial charge in [-0.1, -0.05) is 66.7 Å². The van der Waals surface area contributed by atoms with Crippen molar-refractivity contribution in [1.29, 1.82) is 0 Å². The lowest BCUT2D eigenvalue weighted by atomic mass is 9.79. The minimum atomic E-state index is -1.11. The van der Waals surface area contributed by atoms with Crippen molar-refractivity contribution in [3.8, 4) is 0 Å². The number of hydrogen-bond acceptors (Lipinski definition) is 4. The molecule has 1 saturated heterocycles. The van der Waals surface area contributed by atoms with Gasteiger partial charge in [-0.2, -0.15) is 0 Å². The van der Waals surface area contributed by atoms with E-state index < -0.39 is 5.60 Å². The van der Waals surface area contributed by atoms with Crippen LogP contribution in [0, 0.1) is 17.3 Å². The third-order valence-electron chi connectivity index (χ3n) is 6.83. The second-order valence-electron chi connectivity index (χ2n) is 13.5. The normalized spacial score (nSPS) is 26.4. The molecule has 0 radical (unpaired) electrons. The Morgan fingerprint density at radius 3 is 2.18 bits per heavy atom. The van der Waals surface area contributed by atoms with Crippen LogP contribution in [-0.2, 0) is 9.59 Å². The summed E-state index contributed by atoms with van der Waals surface area (Å²) >= 11 is 0. The molecule has 0 bridgehead atoms. The van der Waals surface area contributed by atoms with Gasteiger partial charge in [-0.05, 0) is 44.4 Å². The van der Waals surface area contributed by atoms with Crippen LogP contribution in [-0.4, -0.2) is 58.1 Å². The van der Waals surface area contributed by atoms with E-state index in [-0.39, 0.29) is 34.9 Å². The molecule has 0 aromatic heterocycles. The fourth-order valence-corrected chi connectivity index (χ4v) is 5.51. The Morgan fingerprint density at radius 1 is 1.06 bits per heavy atom. The maximum Gasteiger partial charge on any atom is 0.237 e. The predicted molar refractivity (Wildman–Crippen MR) is 135 cm³/mol. The Labute approximate surface area is 202 Å². The van der Waals surface area contributed by atoms with Crippen molar-refractivity contribution in [1.82, 2.24) is 15.5 Å². The maximum absolute atomic E-state index is 13.2. The van der Waals surface area contributed by atoms with E-state index in [4.69, 9.17) is 0 Å². The molecule has 2 aliphatic rings. The van der Waals surface area contributed by atoms with Gasteiger partial charge >= 0.3 is 0 Å². The van der Waals surface area contributed by atoms with Gasteiger partial charge in [-0.25, -0.2) is 0 Å². The number of likely N-dealkylation sites (tertiary alicyclic amines) is 1. The second-order valence-corrected chi connectivity index (χ2v) is 13.5. The summed E-state index contributed by atoms with van der Waals surface area (Å²) in [5.41, 5.74) is -1.56. The molecule has 33 heavy (non-hydrogen) atoms. The second kappa shape index (κ2) is 11.1. The summed E-state index contributed by atoms with van der Waals surface area (Å²) in [6, 6.07) is -0.720. The monoisotopic (exact) mass is 465 g/mol. The summed E-state index contributed by atoms with van der Waals surface area (Å²) in [6.07, 6.45) is 7.61. The molecule has 0 unspecified atom stereocenters. The van der Waals surface area contributed by atoms with Crippen molar-refractivity contribution in [3.63, 3.8) is 0 Å². The van der Waals surface area contributed by atoms with Crippen molar-refractivity contribution in [2.24, 2.45) is 17.3 Å². The van der Waals surface area contributed by atoms with E-state index in [1.54, 1.807) is 0 Å². The fourth-order valence-electron chi connectivity index (χ4n) is 5.51. The number of nitrogens with zero attached hydrogens (tertiary/aromatic N) is 1. The van der Waals surface area contributed by atoms with Gasteiger partial charge < -0.3 is 15.7 Å². The third kappa shape index (κ3) is 9.20. The highest BCUT2D eigenvalue weighted by Gasteiger charge is 2.51. The first-order valence-corrected chi connectivity index (χ1v) is 13.2. The van der Waals surface area contributed by atoms with Crippen LogP contribution in [0.15, 0.2) is 0 Å². The zero-order valence-electron chi connectivity index (χ0n) is 22.6. The highest BCUT2D eigenvalue weighted by atomic mass is 16.3. The van der Waals surface area contributed by atoms with Gasteiger partial charge in [0.2, 0.25) is 11.8 Å². The summed E-state index contributed by atoms with van der Waals surface area (Å²) in [4.78, 5) is 28.3. The molecule has 0 spiro atoms. The summed E-state index contributed by atoms with van der Waals surface area (Å²) in [6.45, 7) is 17.6. The number of amides is 2. The van der Waals surface area contributed by atoms with E-state index in [2.05, 4.69) is 50.2 Å². The predicted octanol–water partition coefficient (Wildman–Crippen LogP) is 4.25. The number of carbonyl (C=O) groups is 2. The number of aliphatic hydroxyl groups is 1. The SMILES string of the molecule is CC(C)CN1C[C@](O)([C@H](CC2CCCCC2)NC(=O)CC(C)(C)C)C[C@H]1C(=O)NC(C)(C)C. The van der Waals surface area contributed by atoms with Gasteiger partial charge in [0.15, 0.2) is 0 Å². The number of rotatable bonds is 8. The van der Waals surface area contributed by atoms with Crippen LogP contribution >= 0.6 is 0 Å². The summed E-state index contributed by atoms with van der Waals surface area (Å²) < 4.78 is 0. The molecule has 2 rings (SSSR count). The lowest BCUT2D eigenvalue weighted by molar-refractivity contribution is -0.127. The topological polar surface area (TPSA) is 81.7 Å². The summed E-state index contributed by atoms with van der Waals surface area (Å²) in [7, 11) is 0. The lowest BCUT2D eigenvalue weighted by Crippen LogP contribution is -2.55. The molecule has 3 atom stereocenters. The van der Waals surface area contributed by atoms with Gasteiger partial charge in [0.05, 0.1) is 17.7 Å². The molecule has 1 saturated carbocycles. The first-order chi connectivity index (χ1) is 15.1. The Balaban J connectivity index is 2.27. The summed E-state index contributed by atoms with van der Waals surface area (Å²) in [5, 5.41) is 18.3. The van der Waals surface area contributed by atoms with Crippen molar-refractivity contribution in [2.75, 3.05) is 13.1 Å². The summed E-state index contributed by atoms with van der Waals surface area (Å²) in [5.74, 6) is 0.861. The zero-order chi connectivity index (χ0) is 25.0. The van der Waals surface area contributed by atoms with Crippen molar-refractivity contribution in [3.05, 3.63) is 0 Å². The van der Waals surface area contributed by atoms with Crippen LogP contribution in [0.1, 0.15) is 107 Å². The van der Waals surface area contributed by atoms with Crippen LogP contribution in [0.3, 0.4) is 0 Å². The standard InChI is InChI=1S/C27H51N3O3/c1-19(2)17-30-18-27(33,15-21(30)24(32)29-26(6,7)8)22(14-20-12-10-9-11-13-20)28-23(31)16-25(3,4)5/h19-22,33H,9-18H2,1-8H3,(H,28,31)(H,29,32)/t21-,22-,27-/m0/s1. The van der Waals surface area contributed by atoms with Crippen molar-refractivity contribution >= 4 is 11.8 Å². The van der Waals surface area contributed by atoms with E-state index >= 15 is 0 Å². The third-order valence-corrected chi connectivity index (χ3v) is 6.83. The molecule has 2 fully saturated rings. The molecular weight excluding hydrogens is 414 g/mol. The molecule has 2 amide bonds. The van der Waals surface area contributed by atoms with Gasteiger partial charge in [-0.15, -0.1) is 0 Å². The minimum absolute atomic E-state index is 0.00487. The van der Waals surface area contributed by atoms with Crippen LogP contribution in [0.2, 0.25) is 0 Å². The largest absolute Gasteiger partial charge is 0.386 e. The first kappa shape index (κ1) is 28.1. The van der Waals surface area contributed by atoms with Gasteiger partial charge in [0.25, 0.3) is 0 Å². The van der Waals surface area contributed by atoms with Crippen molar-refractivity contribution in [2.45, 2.75) is 130 Å². The van der Waals surface area contributed by atoms with Crippen molar-refractivity contribution < 1.29 is 14.7 Å². The molecule has 1 heterocycles. The van der Waals surface area contributed by atoms with Gasteiger partial charge in [0, 0.05) is 31.5 Å². The highest BCUT2D eigenvalue weighted by Crippen LogP contribution is 2.37. The molecule has 1 aliphatic heterocycles. The molecular formula is C27H51N3O3. The molecule has 1 aliphatic carbocycles. The highest BCUT2D eigenvalue weighted by molar-refractivity contribution is 5.83. The molecule has 0 aromatic carbocycles. The number of carbonyl (C=O) groups excluding carboxylic acids is 2. The first-order valence-electron chi connectivity index (χ1n) is 13.2. The molecule has 6 nitrogen and oxygen atoms in total. The van der Waals surface area contributed by atoms with Crippen LogP contribution in [0.4, 0.5) is 0 Å². The van der Waals surface area contributed by atoms with Gasteiger partial charge in [-0.3, -0.25) is 14.5 Å². The smallest absolute Gasteiger partial charge is 0.237 e. The Kier molecular flexibility index (Phi) is 9.42. The maximum atomic E-state index is 13.2. The van der Waals surface area contributed by atoms with Crippen LogP contribution in [0.5, 0.6) is 0 Å². The molecule has 192 valence electrons. The number of β-amino-alcohol motifs (C(OH)–C–C–N with tert-alkyl or cyclic N) is 1. The average Bonchev–Trinajstić information content (AvgIpc) is 2.96. The van der Waals surface area contributed by atoms with Crippen LogP contribution in [0.25, 0.3) is 0 Å². The van der Waals surface area contributed by atoms with E-state index in [9.17, 15) is 14.7 Å². The molecule has 6 heteroatoms. The zero-order valence-corrected chi connectivity index (χ0v) is 22.6. The minimum Gasteiger partial charge on any atom is -0.386 e. The van der Waals surface area contributed by atoms with Crippen LogP contribution < -0.4 is 10.6 Å². The van der Waals surface area contributed by atoms with E-state index in [1.807, 2.05) is 20.8 Å². The Hall–Kier alpha value is -1.14. The number of hydrogen-bond donors (Lipinski definition) is 3. The molecule has 3 N–H and O–H groups in total. The Bertz CT molecular complexity index is 659. The quantitative estimate of drug-likeness (QED) is 0.500. The fraction of sp³-hybridized carbons (Fsp3) is 0.926. The average molecular weight is 466 g/mol.